The second kappa shape index (κ2) is 11.9. The summed E-state index contributed by atoms with van der Waals surface area (Å²) >= 11 is 0. The topological polar surface area (TPSA) is 38.8 Å². The van der Waals surface area contributed by atoms with Crippen molar-refractivity contribution in [3.63, 3.8) is 0 Å². The SMILES string of the molecule is COc1cccc(C(c2cccc(OC)c2)C(CN(C)C)C(=O)c2ccc3ccccc3c2)c1.Cl. The van der Waals surface area contributed by atoms with E-state index in [9.17, 15) is 4.79 Å². The Labute approximate surface area is 213 Å². The van der Waals surface area contributed by atoms with Crippen LogP contribution >= 0.6 is 12.4 Å². The molecule has 5 heteroatoms. The minimum absolute atomic E-state index is 0. The number of methoxy groups -OCH3 is 2. The van der Waals surface area contributed by atoms with Crippen molar-refractivity contribution in [2.24, 2.45) is 5.92 Å². The second-order valence-electron chi connectivity index (χ2n) is 8.83. The van der Waals surface area contributed by atoms with Gasteiger partial charge in [-0.2, -0.15) is 0 Å². The molecule has 0 aliphatic carbocycles. The molecule has 1 unspecified atom stereocenters. The number of hydrogen-bond donors (Lipinski definition) is 0. The lowest BCUT2D eigenvalue weighted by molar-refractivity contribution is 0.0883. The van der Waals surface area contributed by atoms with Gasteiger partial charge in [-0.15, -0.1) is 12.4 Å². The third-order valence-corrected chi connectivity index (χ3v) is 6.24. The monoisotopic (exact) mass is 489 g/mol. The van der Waals surface area contributed by atoms with E-state index in [-0.39, 0.29) is 30.0 Å². The van der Waals surface area contributed by atoms with Gasteiger partial charge in [0.05, 0.1) is 14.2 Å². The maximum atomic E-state index is 14.1. The summed E-state index contributed by atoms with van der Waals surface area (Å²) in [5, 5.41) is 2.19. The molecule has 0 aliphatic heterocycles. The van der Waals surface area contributed by atoms with E-state index in [0.717, 1.165) is 39.0 Å². The van der Waals surface area contributed by atoms with E-state index in [4.69, 9.17) is 9.47 Å². The standard InChI is InChI=1S/C30H31NO3.ClH/c1-31(2)20-28(30(32)25-16-15-21-9-5-6-10-22(21)17-25)29(23-11-7-13-26(18-23)33-3)24-12-8-14-27(19-24)34-4;/h5-19,28-29H,20H2,1-4H3;1H. The summed E-state index contributed by atoms with van der Waals surface area (Å²) < 4.78 is 11.0. The number of fused-ring (bicyclic) bond motifs is 1. The fourth-order valence-corrected chi connectivity index (χ4v) is 4.62. The Hall–Kier alpha value is -3.34. The van der Waals surface area contributed by atoms with E-state index < -0.39 is 0 Å². The van der Waals surface area contributed by atoms with Gasteiger partial charge in [0.1, 0.15) is 11.5 Å². The van der Waals surface area contributed by atoms with Crippen LogP contribution in [-0.2, 0) is 0 Å². The van der Waals surface area contributed by atoms with Crippen LogP contribution in [0.3, 0.4) is 0 Å². The highest BCUT2D eigenvalue weighted by molar-refractivity contribution is 6.02. The van der Waals surface area contributed by atoms with Crippen LogP contribution in [0, 0.1) is 5.92 Å². The number of benzene rings is 4. The van der Waals surface area contributed by atoms with Crippen LogP contribution in [0.15, 0.2) is 91.0 Å². The third-order valence-electron chi connectivity index (χ3n) is 6.24. The summed E-state index contributed by atoms with van der Waals surface area (Å²) in [4.78, 5) is 16.2. The minimum Gasteiger partial charge on any atom is -0.497 e. The van der Waals surface area contributed by atoms with Crippen LogP contribution in [0.4, 0.5) is 0 Å². The van der Waals surface area contributed by atoms with Crippen LogP contribution in [-0.4, -0.2) is 45.5 Å². The first-order valence-corrected chi connectivity index (χ1v) is 11.5. The lowest BCUT2D eigenvalue weighted by Crippen LogP contribution is -2.33. The molecule has 35 heavy (non-hydrogen) atoms. The van der Waals surface area contributed by atoms with Gasteiger partial charge >= 0.3 is 0 Å². The number of halogens is 1. The summed E-state index contributed by atoms with van der Waals surface area (Å²) in [6.45, 7) is 0.602. The molecule has 0 saturated carbocycles. The number of hydrogen-bond acceptors (Lipinski definition) is 4. The van der Waals surface area contributed by atoms with Crippen LogP contribution in [0.5, 0.6) is 11.5 Å². The van der Waals surface area contributed by atoms with Crippen LogP contribution in [0.2, 0.25) is 0 Å². The van der Waals surface area contributed by atoms with Crippen molar-refractivity contribution in [2.75, 3.05) is 34.9 Å². The maximum absolute atomic E-state index is 14.1. The zero-order chi connectivity index (χ0) is 24.1. The first kappa shape index (κ1) is 26.3. The Balaban J connectivity index is 0.00000342. The molecule has 4 nitrogen and oxygen atoms in total. The number of rotatable bonds is 9. The molecule has 0 spiro atoms. The van der Waals surface area contributed by atoms with Crippen molar-refractivity contribution < 1.29 is 14.3 Å². The van der Waals surface area contributed by atoms with Gasteiger partial charge in [0, 0.05) is 23.9 Å². The molecule has 0 amide bonds. The number of Topliss-reactive ketones (excluding diaryl/α,β-unsaturated/α-hetero) is 1. The zero-order valence-corrected chi connectivity index (χ0v) is 21.4. The first-order chi connectivity index (χ1) is 16.5. The van der Waals surface area contributed by atoms with Gasteiger partial charge in [-0.3, -0.25) is 4.79 Å². The van der Waals surface area contributed by atoms with E-state index in [1.165, 1.54) is 0 Å². The summed E-state index contributed by atoms with van der Waals surface area (Å²) in [6.07, 6.45) is 0. The Bertz CT molecular complexity index is 1240. The molecule has 0 aromatic heterocycles. The van der Waals surface area contributed by atoms with E-state index in [1.807, 2.05) is 80.8 Å². The maximum Gasteiger partial charge on any atom is 0.168 e. The van der Waals surface area contributed by atoms with Gasteiger partial charge < -0.3 is 14.4 Å². The molecule has 0 bridgehead atoms. The summed E-state index contributed by atoms with van der Waals surface area (Å²) in [6, 6.07) is 30.1. The predicted octanol–water partition coefficient (Wildman–Crippen LogP) is 6.47. The van der Waals surface area contributed by atoms with Crippen LogP contribution in [0.25, 0.3) is 10.8 Å². The van der Waals surface area contributed by atoms with E-state index in [2.05, 4.69) is 29.2 Å². The summed E-state index contributed by atoms with van der Waals surface area (Å²) in [5.41, 5.74) is 2.79. The lowest BCUT2D eigenvalue weighted by atomic mass is 9.76. The Morgan fingerprint density at radius 2 is 1.31 bits per heavy atom. The highest BCUT2D eigenvalue weighted by Crippen LogP contribution is 2.37. The average molecular weight is 490 g/mol. The van der Waals surface area contributed by atoms with E-state index in [1.54, 1.807) is 14.2 Å². The van der Waals surface area contributed by atoms with Crippen molar-refractivity contribution in [3.8, 4) is 11.5 Å². The molecule has 182 valence electrons. The molecule has 0 radical (unpaired) electrons. The largest absolute Gasteiger partial charge is 0.497 e. The third kappa shape index (κ3) is 6.02. The molecule has 4 aromatic carbocycles. The normalized spacial score (nSPS) is 11.8. The Kier molecular flexibility index (Phi) is 8.91. The Morgan fingerprint density at radius 3 is 1.86 bits per heavy atom. The minimum atomic E-state index is -0.310. The molecule has 4 rings (SSSR count). The number of ketones is 1. The summed E-state index contributed by atoms with van der Waals surface area (Å²) in [5.74, 6) is 1.18. The number of carbonyl (C=O) groups is 1. The highest BCUT2D eigenvalue weighted by atomic mass is 35.5. The summed E-state index contributed by atoms with van der Waals surface area (Å²) in [7, 11) is 7.35. The van der Waals surface area contributed by atoms with Crippen molar-refractivity contribution in [3.05, 3.63) is 108 Å². The van der Waals surface area contributed by atoms with Crippen molar-refractivity contribution in [1.29, 1.82) is 0 Å². The van der Waals surface area contributed by atoms with Crippen molar-refractivity contribution in [2.45, 2.75) is 5.92 Å². The molecule has 0 fully saturated rings. The molecular weight excluding hydrogens is 458 g/mol. The molecular formula is C30H32ClNO3. The quantitative estimate of drug-likeness (QED) is 0.252. The van der Waals surface area contributed by atoms with E-state index >= 15 is 0 Å². The van der Waals surface area contributed by atoms with Crippen molar-refractivity contribution >= 4 is 29.0 Å². The van der Waals surface area contributed by atoms with Gasteiger partial charge in [0.2, 0.25) is 0 Å². The van der Waals surface area contributed by atoms with Gasteiger partial charge in [-0.25, -0.2) is 0 Å². The molecule has 0 heterocycles. The fraction of sp³-hybridized carbons (Fsp3) is 0.233. The fourth-order valence-electron chi connectivity index (χ4n) is 4.62. The first-order valence-electron chi connectivity index (χ1n) is 11.5. The van der Waals surface area contributed by atoms with Gasteiger partial charge in [-0.05, 0) is 66.3 Å². The molecule has 1 atom stereocenters. The number of nitrogens with zero attached hydrogens (tertiary/aromatic N) is 1. The predicted molar refractivity (Wildman–Crippen MR) is 145 cm³/mol. The zero-order valence-electron chi connectivity index (χ0n) is 20.6. The molecule has 4 aromatic rings. The second-order valence-corrected chi connectivity index (χ2v) is 8.83. The molecule has 0 aliphatic rings. The Morgan fingerprint density at radius 1 is 0.743 bits per heavy atom. The van der Waals surface area contributed by atoms with Crippen LogP contribution in [0.1, 0.15) is 27.4 Å². The van der Waals surface area contributed by atoms with Crippen molar-refractivity contribution in [1.82, 2.24) is 4.90 Å². The lowest BCUT2D eigenvalue weighted by Gasteiger charge is -2.30. The number of ether oxygens (including phenoxy) is 2. The molecule has 0 saturated heterocycles. The average Bonchev–Trinajstić information content (AvgIpc) is 2.87. The number of carbonyl (C=O) groups excluding carboxylic acids is 1. The van der Waals surface area contributed by atoms with Crippen LogP contribution < -0.4 is 9.47 Å². The highest BCUT2D eigenvalue weighted by Gasteiger charge is 2.32. The van der Waals surface area contributed by atoms with Gasteiger partial charge in [0.25, 0.3) is 0 Å². The van der Waals surface area contributed by atoms with Gasteiger partial charge in [-0.1, -0.05) is 60.7 Å². The van der Waals surface area contributed by atoms with Gasteiger partial charge in [0.15, 0.2) is 5.78 Å². The molecule has 0 N–H and O–H groups in total. The smallest absolute Gasteiger partial charge is 0.168 e. The van der Waals surface area contributed by atoms with E-state index in [0.29, 0.717) is 6.54 Å².